The number of hydrogen-bond donors (Lipinski definition) is 1. The van der Waals surface area contributed by atoms with Crippen LogP contribution in [0.4, 0.5) is 4.39 Å². The van der Waals surface area contributed by atoms with Crippen LogP contribution in [0.5, 0.6) is 17.2 Å². The van der Waals surface area contributed by atoms with Crippen molar-refractivity contribution in [1.29, 1.82) is 0 Å². The van der Waals surface area contributed by atoms with Crippen LogP contribution < -0.4 is 19.5 Å². The molecule has 0 aliphatic heterocycles. The highest BCUT2D eigenvalue weighted by molar-refractivity contribution is 5.78. The number of nitrogens with one attached hydrogen (secondary N) is 1. The van der Waals surface area contributed by atoms with Gasteiger partial charge in [0.25, 0.3) is 5.91 Å². The van der Waals surface area contributed by atoms with Crippen molar-refractivity contribution in [1.82, 2.24) is 5.32 Å². The molecular formula is C19H22FNO4. The molecule has 6 heteroatoms. The fraction of sp³-hybridized carbons (Fsp3) is 0.316. The minimum atomic E-state index is -0.466. The minimum absolute atomic E-state index is 0.128. The lowest BCUT2D eigenvalue weighted by atomic mass is 10.1. The Bertz CT molecular complexity index is 703. The summed E-state index contributed by atoms with van der Waals surface area (Å²) in [5, 5.41) is 2.77. The maximum Gasteiger partial charge on any atom is 0.258 e. The summed E-state index contributed by atoms with van der Waals surface area (Å²) in [4.78, 5) is 12.0. The molecular weight excluding hydrogens is 325 g/mol. The molecule has 2 aromatic carbocycles. The number of methoxy groups -OCH3 is 1. The van der Waals surface area contributed by atoms with E-state index in [4.69, 9.17) is 14.2 Å². The van der Waals surface area contributed by atoms with Gasteiger partial charge < -0.3 is 19.5 Å². The number of carbonyl (C=O) groups excluding carboxylic acids is 1. The first kappa shape index (κ1) is 18.6. The van der Waals surface area contributed by atoms with E-state index in [1.165, 1.54) is 19.2 Å². The van der Waals surface area contributed by atoms with Gasteiger partial charge in [0.15, 0.2) is 18.2 Å². The van der Waals surface area contributed by atoms with Crippen LogP contribution in [0, 0.1) is 5.82 Å². The Balaban J connectivity index is 1.85. The van der Waals surface area contributed by atoms with Crippen molar-refractivity contribution in [3.05, 3.63) is 53.8 Å². The molecule has 0 saturated heterocycles. The Morgan fingerprint density at radius 2 is 1.76 bits per heavy atom. The van der Waals surface area contributed by atoms with Gasteiger partial charge in [0.1, 0.15) is 11.5 Å². The summed E-state index contributed by atoms with van der Waals surface area (Å²) in [7, 11) is 1.40. The van der Waals surface area contributed by atoms with Gasteiger partial charge in [0.05, 0.1) is 19.8 Å². The summed E-state index contributed by atoms with van der Waals surface area (Å²) in [6.45, 7) is 4.14. The zero-order valence-corrected chi connectivity index (χ0v) is 14.5. The van der Waals surface area contributed by atoms with E-state index in [1.54, 1.807) is 37.3 Å². The average molecular weight is 347 g/mol. The Labute approximate surface area is 146 Å². The third-order valence-electron chi connectivity index (χ3n) is 3.56. The predicted octanol–water partition coefficient (Wildman–Crippen LogP) is 3.49. The van der Waals surface area contributed by atoms with Gasteiger partial charge >= 0.3 is 0 Å². The van der Waals surface area contributed by atoms with Gasteiger partial charge in [0, 0.05) is 0 Å². The van der Waals surface area contributed by atoms with Gasteiger partial charge in [0.2, 0.25) is 0 Å². The molecule has 2 aromatic rings. The molecule has 1 atom stereocenters. The van der Waals surface area contributed by atoms with Crippen LogP contribution in [-0.2, 0) is 4.79 Å². The molecule has 5 nitrogen and oxygen atoms in total. The van der Waals surface area contributed by atoms with Crippen LogP contribution in [0.1, 0.15) is 25.5 Å². The van der Waals surface area contributed by atoms with Crippen molar-refractivity contribution >= 4 is 5.91 Å². The summed E-state index contributed by atoms with van der Waals surface area (Å²) >= 11 is 0. The van der Waals surface area contributed by atoms with Crippen molar-refractivity contribution in [3.63, 3.8) is 0 Å². The van der Waals surface area contributed by atoms with Gasteiger partial charge in [-0.15, -0.1) is 0 Å². The lowest BCUT2D eigenvalue weighted by Crippen LogP contribution is -2.31. The van der Waals surface area contributed by atoms with Crippen molar-refractivity contribution in [2.45, 2.75) is 19.9 Å². The van der Waals surface area contributed by atoms with Gasteiger partial charge in [-0.3, -0.25) is 4.79 Å². The number of amides is 1. The normalized spacial score (nSPS) is 11.5. The highest BCUT2D eigenvalue weighted by atomic mass is 19.1. The molecule has 0 aliphatic rings. The Morgan fingerprint density at radius 1 is 1.12 bits per heavy atom. The third-order valence-corrected chi connectivity index (χ3v) is 3.56. The van der Waals surface area contributed by atoms with Crippen LogP contribution in [0.2, 0.25) is 0 Å². The number of rotatable bonds is 8. The predicted molar refractivity (Wildman–Crippen MR) is 92.6 cm³/mol. The number of hydrogen-bond acceptors (Lipinski definition) is 4. The fourth-order valence-electron chi connectivity index (χ4n) is 2.27. The first-order chi connectivity index (χ1) is 12.0. The van der Waals surface area contributed by atoms with E-state index >= 15 is 0 Å². The topological polar surface area (TPSA) is 56.8 Å². The maximum atomic E-state index is 13.7. The number of ether oxygens (including phenoxy) is 3. The van der Waals surface area contributed by atoms with Crippen molar-refractivity contribution in [3.8, 4) is 17.2 Å². The van der Waals surface area contributed by atoms with E-state index in [2.05, 4.69) is 5.32 Å². The highest BCUT2D eigenvalue weighted by Crippen LogP contribution is 2.22. The second-order valence-electron chi connectivity index (χ2n) is 5.38. The monoisotopic (exact) mass is 347 g/mol. The molecule has 1 amide bonds. The molecule has 2 rings (SSSR count). The van der Waals surface area contributed by atoms with Crippen LogP contribution in [0.25, 0.3) is 0 Å². The smallest absolute Gasteiger partial charge is 0.258 e. The summed E-state index contributed by atoms with van der Waals surface area (Å²) in [5.74, 6) is 0.724. The molecule has 0 heterocycles. The second kappa shape index (κ2) is 8.92. The third kappa shape index (κ3) is 5.38. The first-order valence-electron chi connectivity index (χ1n) is 8.02. The van der Waals surface area contributed by atoms with E-state index in [1.807, 2.05) is 6.92 Å². The summed E-state index contributed by atoms with van der Waals surface area (Å²) in [6.07, 6.45) is 0. The summed E-state index contributed by atoms with van der Waals surface area (Å²) < 4.78 is 29.4. The quantitative estimate of drug-likeness (QED) is 0.794. The Morgan fingerprint density at radius 3 is 2.32 bits per heavy atom. The number of benzene rings is 2. The first-order valence-corrected chi connectivity index (χ1v) is 8.02. The zero-order chi connectivity index (χ0) is 18.2. The standard InChI is InChI=1S/C19H22FNO4/c1-4-24-15-6-8-16(9-7-15)25-12-19(22)21-13(2)14-5-10-18(23-3)17(20)11-14/h5-11,13H,4,12H2,1-3H3,(H,21,22). The molecule has 1 unspecified atom stereocenters. The Kier molecular flexibility index (Phi) is 6.62. The van der Waals surface area contributed by atoms with Gasteiger partial charge in [-0.2, -0.15) is 0 Å². The van der Waals surface area contributed by atoms with Crippen LogP contribution >= 0.6 is 0 Å². The lowest BCUT2D eigenvalue weighted by molar-refractivity contribution is -0.123. The van der Waals surface area contributed by atoms with Crippen molar-refractivity contribution < 1.29 is 23.4 Å². The lowest BCUT2D eigenvalue weighted by Gasteiger charge is -2.15. The van der Waals surface area contributed by atoms with Crippen molar-refractivity contribution in [2.75, 3.05) is 20.3 Å². The summed E-state index contributed by atoms with van der Waals surface area (Å²) in [6, 6.07) is 11.3. The van der Waals surface area contributed by atoms with Crippen LogP contribution in [-0.4, -0.2) is 26.2 Å². The van der Waals surface area contributed by atoms with Crippen LogP contribution in [0.15, 0.2) is 42.5 Å². The molecule has 0 radical (unpaired) electrons. The minimum Gasteiger partial charge on any atom is -0.494 e. The molecule has 0 bridgehead atoms. The van der Waals surface area contributed by atoms with Gasteiger partial charge in [-0.1, -0.05) is 6.07 Å². The molecule has 0 aliphatic carbocycles. The summed E-state index contributed by atoms with van der Waals surface area (Å²) in [5.41, 5.74) is 0.646. The van der Waals surface area contributed by atoms with E-state index in [9.17, 15) is 9.18 Å². The molecule has 0 fully saturated rings. The van der Waals surface area contributed by atoms with E-state index in [0.29, 0.717) is 17.9 Å². The van der Waals surface area contributed by atoms with Crippen LogP contribution in [0.3, 0.4) is 0 Å². The average Bonchev–Trinajstić information content (AvgIpc) is 2.61. The fourth-order valence-corrected chi connectivity index (χ4v) is 2.27. The number of halogens is 1. The van der Waals surface area contributed by atoms with E-state index < -0.39 is 5.82 Å². The highest BCUT2D eigenvalue weighted by Gasteiger charge is 2.12. The molecule has 134 valence electrons. The Hall–Kier alpha value is -2.76. The molecule has 25 heavy (non-hydrogen) atoms. The second-order valence-corrected chi connectivity index (χ2v) is 5.38. The SMILES string of the molecule is CCOc1ccc(OCC(=O)NC(C)c2ccc(OC)c(F)c2)cc1. The molecule has 0 spiro atoms. The molecule has 0 saturated carbocycles. The van der Waals surface area contributed by atoms with Gasteiger partial charge in [-0.25, -0.2) is 4.39 Å². The largest absolute Gasteiger partial charge is 0.494 e. The number of carbonyl (C=O) groups is 1. The van der Waals surface area contributed by atoms with Gasteiger partial charge in [-0.05, 0) is 55.8 Å². The van der Waals surface area contributed by atoms with Crippen molar-refractivity contribution in [2.24, 2.45) is 0 Å². The molecule has 0 aromatic heterocycles. The maximum absolute atomic E-state index is 13.7. The van der Waals surface area contributed by atoms with E-state index in [-0.39, 0.29) is 24.3 Å². The van der Waals surface area contributed by atoms with E-state index in [0.717, 1.165) is 5.75 Å². The molecule has 1 N–H and O–H groups in total. The zero-order valence-electron chi connectivity index (χ0n) is 14.5.